The second-order valence-corrected chi connectivity index (χ2v) is 6.81. The zero-order valence-corrected chi connectivity index (χ0v) is 12.4. The molecule has 0 saturated heterocycles. The Kier molecular flexibility index (Phi) is 5.22. The molecule has 1 nitrogen and oxygen atoms in total. The van der Waals surface area contributed by atoms with Gasteiger partial charge in [-0.15, -0.1) is 0 Å². The first-order valence-corrected chi connectivity index (χ1v) is 8.13. The monoisotopic (exact) mass is 273 g/mol. The molecule has 0 aromatic rings. The topological polar surface area (TPSA) is 12.0 Å². The van der Waals surface area contributed by atoms with E-state index in [4.69, 9.17) is 0 Å². The molecule has 0 aromatic heterocycles. The van der Waals surface area contributed by atoms with E-state index in [1.165, 1.54) is 25.7 Å². The Balaban J connectivity index is 1.95. The minimum Gasteiger partial charge on any atom is -0.314 e. The van der Waals surface area contributed by atoms with Crippen LogP contribution in [0.25, 0.3) is 0 Å². The molecule has 2 saturated carbocycles. The molecule has 0 radical (unpaired) electrons. The molecule has 2 fully saturated rings. The molecule has 0 amide bonds. The van der Waals surface area contributed by atoms with Crippen LogP contribution in [0.2, 0.25) is 0 Å². The van der Waals surface area contributed by atoms with Gasteiger partial charge in [-0.05, 0) is 50.0 Å². The summed E-state index contributed by atoms with van der Waals surface area (Å²) in [5, 5.41) is 3.63. The van der Waals surface area contributed by atoms with Crippen molar-refractivity contribution < 1.29 is 8.78 Å². The molecule has 3 unspecified atom stereocenters. The molecule has 0 heterocycles. The van der Waals surface area contributed by atoms with E-state index in [1.807, 2.05) is 0 Å². The Bertz CT molecular complexity index is 270. The Labute approximate surface area is 116 Å². The smallest absolute Gasteiger partial charge is 0.248 e. The fraction of sp³-hybridized carbons (Fsp3) is 1.00. The zero-order chi connectivity index (χ0) is 13.9. The van der Waals surface area contributed by atoms with Gasteiger partial charge in [-0.1, -0.05) is 26.7 Å². The molecular weight excluding hydrogens is 244 g/mol. The summed E-state index contributed by atoms with van der Waals surface area (Å²) >= 11 is 0. The van der Waals surface area contributed by atoms with E-state index in [-0.39, 0.29) is 12.8 Å². The fourth-order valence-corrected chi connectivity index (χ4v) is 4.18. The van der Waals surface area contributed by atoms with E-state index in [9.17, 15) is 8.78 Å². The molecule has 112 valence electrons. The molecule has 0 aromatic carbocycles. The third kappa shape index (κ3) is 4.14. The van der Waals surface area contributed by atoms with Gasteiger partial charge < -0.3 is 5.32 Å². The lowest BCUT2D eigenvalue weighted by molar-refractivity contribution is -0.0531. The lowest BCUT2D eigenvalue weighted by Gasteiger charge is -2.41. The average molecular weight is 273 g/mol. The Morgan fingerprint density at radius 3 is 2.37 bits per heavy atom. The average Bonchev–Trinajstić information content (AvgIpc) is 2.36. The van der Waals surface area contributed by atoms with E-state index in [0.29, 0.717) is 30.7 Å². The van der Waals surface area contributed by atoms with E-state index >= 15 is 0 Å². The highest BCUT2D eigenvalue weighted by Crippen LogP contribution is 2.41. The fourth-order valence-electron chi connectivity index (χ4n) is 4.18. The molecule has 3 atom stereocenters. The quantitative estimate of drug-likeness (QED) is 0.788. The predicted molar refractivity (Wildman–Crippen MR) is 75.5 cm³/mol. The predicted octanol–water partition coefficient (Wildman–Crippen LogP) is 4.62. The van der Waals surface area contributed by atoms with E-state index < -0.39 is 5.92 Å². The van der Waals surface area contributed by atoms with Crippen LogP contribution in [0.3, 0.4) is 0 Å². The first kappa shape index (κ1) is 15.2. The van der Waals surface area contributed by atoms with Crippen LogP contribution in [0, 0.1) is 17.8 Å². The summed E-state index contributed by atoms with van der Waals surface area (Å²) in [4.78, 5) is 0. The third-order valence-corrected chi connectivity index (χ3v) is 5.19. The number of nitrogens with one attached hydrogen (secondary N) is 1. The van der Waals surface area contributed by atoms with Crippen molar-refractivity contribution in [1.29, 1.82) is 0 Å². The summed E-state index contributed by atoms with van der Waals surface area (Å²) in [6.45, 7) is 5.43. The van der Waals surface area contributed by atoms with E-state index in [0.717, 1.165) is 12.5 Å². The van der Waals surface area contributed by atoms with Crippen molar-refractivity contribution in [2.45, 2.75) is 77.2 Å². The van der Waals surface area contributed by atoms with Crippen molar-refractivity contribution in [2.24, 2.45) is 17.8 Å². The van der Waals surface area contributed by atoms with Crippen LogP contribution in [0.4, 0.5) is 8.78 Å². The lowest BCUT2D eigenvalue weighted by Crippen LogP contribution is -2.46. The third-order valence-electron chi connectivity index (χ3n) is 5.19. The maximum absolute atomic E-state index is 13.3. The highest BCUT2D eigenvalue weighted by Gasteiger charge is 2.40. The molecule has 3 heteroatoms. The number of halogens is 2. The SMILES string of the molecule is CCNC(C1CCC(F)(F)CC1)C1CCCC(C)C1. The standard InChI is InChI=1S/C16H29F2N/c1-3-19-15(14-6-4-5-12(2)11-14)13-7-9-16(17,18)10-8-13/h12-15,19H,3-11H2,1-2H3. The van der Waals surface area contributed by atoms with Crippen molar-refractivity contribution in [1.82, 2.24) is 5.32 Å². The first-order valence-electron chi connectivity index (χ1n) is 8.13. The van der Waals surface area contributed by atoms with Gasteiger partial charge >= 0.3 is 0 Å². The van der Waals surface area contributed by atoms with Gasteiger partial charge in [0.25, 0.3) is 0 Å². The van der Waals surface area contributed by atoms with Crippen molar-refractivity contribution in [3.8, 4) is 0 Å². The normalized spacial score (nSPS) is 34.1. The molecule has 0 aliphatic heterocycles. The second kappa shape index (κ2) is 6.51. The summed E-state index contributed by atoms with van der Waals surface area (Å²) in [5.41, 5.74) is 0. The van der Waals surface area contributed by atoms with Crippen LogP contribution >= 0.6 is 0 Å². The highest BCUT2D eigenvalue weighted by atomic mass is 19.3. The first-order chi connectivity index (χ1) is 9.02. The van der Waals surface area contributed by atoms with Gasteiger partial charge in [0.2, 0.25) is 5.92 Å². The molecule has 2 aliphatic rings. The molecule has 19 heavy (non-hydrogen) atoms. The van der Waals surface area contributed by atoms with Gasteiger partial charge in [0.05, 0.1) is 0 Å². The van der Waals surface area contributed by atoms with Crippen LogP contribution in [0.15, 0.2) is 0 Å². The minimum atomic E-state index is -2.40. The van der Waals surface area contributed by atoms with Gasteiger partial charge in [-0.2, -0.15) is 0 Å². The summed E-state index contributed by atoms with van der Waals surface area (Å²) in [7, 11) is 0. The van der Waals surface area contributed by atoms with Crippen LogP contribution < -0.4 is 5.32 Å². The van der Waals surface area contributed by atoms with Gasteiger partial charge in [-0.3, -0.25) is 0 Å². The molecule has 0 bridgehead atoms. The summed E-state index contributed by atoms with van der Waals surface area (Å²) in [6, 6.07) is 0.476. The minimum absolute atomic E-state index is 0.0990. The Morgan fingerprint density at radius 1 is 1.11 bits per heavy atom. The zero-order valence-electron chi connectivity index (χ0n) is 12.4. The van der Waals surface area contributed by atoms with Crippen LogP contribution in [-0.2, 0) is 0 Å². The molecule has 2 aliphatic carbocycles. The Hall–Kier alpha value is -0.180. The van der Waals surface area contributed by atoms with Crippen molar-refractivity contribution >= 4 is 0 Å². The summed E-state index contributed by atoms with van der Waals surface area (Å²) < 4.78 is 26.6. The molecule has 1 N–H and O–H groups in total. The van der Waals surface area contributed by atoms with Gasteiger partial charge in [0.15, 0.2) is 0 Å². The largest absolute Gasteiger partial charge is 0.314 e. The van der Waals surface area contributed by atoms with Gasteiger partial charge in [0.1, 0.15) is 0 Å². The number of hydrogen-bond acceptors (Lipinski definition) is 1. The number of alkyl halides is 2. The Morgan fingerprint density at radius 2 is 1.79 bits per heavy atom. The second-order valence-electron chi connectivity index (χ2n) is 6.81. The van der Waals surface area contributed by atoms with Gasteiger partial charge in [-0.25, -0.2) is 8.78 Å². The number of hydrogen-bond donors (Lipinski definition) is 1. The summed E-state index contributed by atoms with van der Waals surface area (Å²) in [5.74, 6) is -0.409. The van der Waals surface area contributed by atoms with E-state index in [1.54, 1.807) is 0 Å². The molecule has 2 rings (SSSR count). The van der Waals surface area contributed by atoms with Gasteiger partial charge in [0, 0.05) is 18.9 Å². The maximum atomic E-state index is 13.3. The molecule has 0 spiro atoms. The van der Waals surface area contributed by atoms with Crippen LogP contribution in [0.5, 0.6) is 0 Å². The van der Waals surface area contributed by atoms with Crippen LogP contribution in [0.1, 0.15) is 65.2 Å². The lowest BCUT2D eigenvalue weighted by atomic mass is 9.71. The van der Waals surface area contributed by atoms with Crippen LogP contribution in [-0.4, -0.2) is 18.5 Å². The van der Waals surface area contributed by atoms with Crippen molar-refractivity contribution in [3.63, 3.8) is 0 Å². The highest BCUT2D eigenvalue weighted by molar-refractivity contribution is 4.90. The van der Waals surface area contributed by atoms with E-state index in [2.05, 4.69) is 19.2 Å². The van der Waals surface area contributed by atoms with Crippen molar-refractivity contribution in [3.05, 3.63) is 0 Å². The number of rotatable bonds is 4. The maximum Gasteiger partial charge on any atom is 0.248 e. The van der Waals surface area contributed by atoms with Crippen molar-refractivity contribution in [2.75, 3.05) is 6.54 Å². The summed E-state index contributed by atoms with van der Waals surface area (Å²) in [6.07, 6.45) is 6.84. The molecular formula is C16H29F2N.